The molecule has 0 radical (unpaired) electrons. The molecular weight excluding hydrogens is 408 g/mol. The molecule has 0 aromatic heterocycles. The monoisotopic (exact) mass is 433 g/mol. The number of benzene rings is 3. The van der Waals surface area contributed by atoms with Gasteiger partial charge in [-0.25, -0.2) is 4.79 Å². The third-order valence-corrected chi connectivity index (χ3v) is 8.42. The summed E-state index contributed by atoms with van der Waals surface area (Å²) in [7, 11) is -0.00149. The zero-order chi connectivity index (χ0) is 20.6. The molecule has 0 aliphatic carbocycles. The van der Waals surface area contributed by atoms with Gasteiger partial charge in [-0.2, -0.15) is 0 Å². The number of fused-ring (bicyclic) bond motifs is 2. The molecule has 0 atom stereocenters. The van der Waals surface area contributed by atoms with Gasteiger partial charge in [-0.3, -0.25) is 0 Å². The number of ether oxygens (including phenoxy) is 1. The average molecular weight is 434 g/mol. The van der Waals surface area contributed by atoms with Crippen LogP contribution in [0, 0.1) is 0 Å². The van der Waals surface area contributed by atoms with Gasteiger partial charge in [0.25, 0.3) is 0 Å². The highest BCUT2D eigenvalue weighted by Gasteiger charge is 2.33. The number of esters is 1. The summed E-state index contributed by atoms with van der Waals surface area (Å²) >= 11 is 1.87. The number of carbonyl (C=O) groups excluding carboxylic acids is 1. The van der Waals surface area contributed by atoms with E-state index in [9.17, 15) is 4.79 Å². The summed E-state index contributed by atoms with van der Waals surface area (Å²) in [6.07, 6.45) is 6.44. The van der Waals surface area contributed by atoms with E-state index < -0.39 is 0 Å². The average Bonchev–Trinajstić information content (AvgIpc) is 2.80. The van der Waals surface area contributed by atoms with Gasteiger partial charge >= 0.3 is 5.97 Å². The first-order valence-electron chi connectivity index (χ1n) is 10.3. The van der Waals surface area contributed by atoms with Crippen LogP contribution < -0.4 is 0 Å². The van der Waals surface area contributed by atoms with Crippen LogP contribution in [0.4, 0.5) is 0 Å². The van der Waals surface area contributed by atoms with Crippen LogP contribution in [0.1, 0.15) is 36.0 Å². The van der Waals surface area contributed by atoms with E-state index in [4.69, 9.17) is 4.74 Å². The zero-order valence-corrected chi connectivity index (χ0v) is 18.5. The maximum Gasteiger partial charge on any atom is 0.338 e. The topological polar surface area (TPSA) is 26.3 Å². The van der Waals surface area contributed by atoms with Crippen molar-refractivity contribution in [1.29, 1.82) is 0 Å². The standard InChI is InChI=1S/C26H25O2S2/c27-26(21-13-5-4-6-14-21)28-19-11-2-1-3-12-20-30-24-17-9-7-15-22(24)29-23-16-8-10-18-25(23)30/h4-10,12-18,20H,1-3,11,19H2/q+1. The van der Waals surface area contributed by atoms with Crippen LogP contribution in [0.3, 0.4) is 0 Å². The second-order valence-electron chi connectivity index (χ2n) is 7.06. The quantitative estimate of drug-likeness (QED) is 0.215. The Morgan fingerprint density at radius 1 is 0.800 bits per heavy atom. The molecule has 152 valence electrons. The zero-order valence-electron chi connectivity index (χ0n) is 16.8. The van der Waals surface area contributed by atoms with E-state index in [0.717, 1.165) is 25.7 Å². The molecule has 1 aliphatic heterocycles. The van der Waals surface area contributed by atoms with E-state index in [0.29, 0.717) is 12.2 Å². The smallest absolute Gasteiger partial charge is 0.338 e. The van der Waals surface area contributed by atoms with E-state index in [-0.39, 0.29) is 16.9 Å². The van der Waals surface area contributed by atoms with Gasteiger partial charge in [0.1, 0.15) is 5.41 Å². The number of rotatable bonds is 8. The Morgan fingerprint density at radius 2 is 1.43 bits per heavy atom. The van der Waals surface area contributed by atoms with Crippen molar-refractivity contribution in [2.45, 2.75) is 45.3 Å². The molecule has 3 aromatic rings. The van der Waals surface area contributed by atoms with Crippen LogP contribution in [0.15, 0.2) is 110 Å². The number of carbonyl (C=O) groups is 1. The van der Waals surface area contributed by atoms with E-state index in [1.54, 1.807) is 12.1 Å². The third-order valence-electron chi connectivity index (χ3n) is 4.88. The fourth-order valence-corrected chi connectivity index (χ4v) is 6.88. The molecule has 0 saturated heterocycles. The fourth-order valence-electron chi connectivity index (χ4n) is 3.34. The lowest BCUT2D eigenvalue weighted by Gasteiger charge is -2.16. The van der Waals surface area contributed by atoms with Crippen LogP contribution in [0.2, 0.25) is 0 Å². The maximum atomic E-state index is 11.9. The molecule has 2 nitrogen and oxygen atoms in total. The Bertz CT molecular complexity index is 969. The summed E-state index contributed by atoms with van der Waals surface area (Å²) in [5, 5.41) is 2.38. The maximum absolute atomic E-state index is 11.9. The molecule has 4 heteroatoms. The van der Waals surface area contributed by atoms with Crippen LogP contribution in [-0.4, -0.2) is 12.6 Å². The van der Waals surface area contributed by atoms with Crippen molar-refractivity contribution in [2.24, 2.45) is 0 Å². The first-order chi connectivity index (χ1) is 14.8. The predicted molar refractivity (Wildman–Crippen MR) is 125 cm³/mol. The molecule has 0 amide bonds. The van der Waals surface area contributed by atoms with Gasteiger partial charge in [-0.05, 0) is 68.2 Å². The normalized spacial score (nSPS) is 13.1. The number of hydrogen-bond donors (Lipinski definition) is 0. The highest BCUT2D eigenvalue weighted by atomic mass is 32.2. The predicted octanol–water partition coefficient (Wildman–Crippen LogP) is 7.12. The highest BCUT2D eigenvalue weighted by molar-refractivity contribution is 8.05. The Morgan fingerprint density at radius 3 is 2.13 bits per heavy atom. The van der Waals surface area contributed by atoms with Crippen LogP contribution in [0.5, 0.6) is 0 Å². The van der Waals surface area contributed by atoms with Gasteiger partial charge in [0.2, 0.25) is 0 Å². The van der Waals surface area contributed by atoms with Crippen LogP contribution in [0.25, 0.3) is 0 Å². The van der Waals surface area contributed by atoms with Gasteiger partial charge < -0.3 is 4.74 Å². The van der Waals surface area contributed by atoms with Crippen molar-refractivity contribution in [2.75, 3.05) is 6.61 Å². The Kier molecular flexibility index (Phi) is 7.33. The molecule has 0 saturated carbocycles. The van der Waals surface area contributed by atoms with Crippen molar-refractivity contribution in [3.05, 3.63) is 95.9 Å². The molecule has 1 heterocycles. The van der Waals surface area contributed by atoms with Crippen molar-refractivity contribution < 1.29 is 9.53 Å². The SMILES string of the molecule is O=C(OCCCCCC=C[S+]1c2ccccc2Sc2ccccc21)c1ccccc1. The molecule has 0 bridgehead atoms. The molecule has 0 fully saturated rings. The largest absolute Gasteiger partial charge is 0.462 e. The lowest BCUT2D eigenvalue weighted by atomic mass is 10.2. The van der Waals surface area contributed by atoms with Gasteiger partial charge in [0.05, 0.1) is 32.9 Å². The summed E-state index contributed by atoms with van der Waals surface area (Å²) < 4.78 is 5.35. The summed E-state index contributed by atoms with van der Waals surface area (Å²) in [6.45, 7) is 0.486. The minimum Gasteiger partial charge on any atom is -0.462 e. The Hall–Kier alpha value is -2.43. The number of hydrogen-bond acceptors (Lipinski definition) is 3. The van der Waals surface area contributed by atoms with Gasteiger partial charge in [0, 0.05) is 0 Å². The van der Waals surface area contributed by atoms with Gasteiger partial charge in [-0.15, -0.1) is 0 Å². The molecule has 0 N–H and O–H groups in total. The molecular formula is C26H25O2S2+. The molecule has 3 aromatic carbocycles. The second-order valence-corrected chi connectivity index (χ2v) is 9.97. The summed E-state index contributed by atoms with van der Waals surface area (Å²) in [5.74, 6) is -0.232. The minimum atomic E-state index is -0.232. The van der Waals surface area contributed by atoms with Gasteiger partial charge in [0.15, 0.2) is 9.79 Å². The minimum absolute atomic E-state index is 0.00149. The van der Waals surface area contributed by atoms with E-state index >= 15 is 0 Å². The van der Waals surface area contributed by atoms with Crippen molar-refractivity contribution in [1.82, 2.24) is 0 Å². The van der Waals surface area contributed by atoms with E-state index in [2.05, 4.69) is 60.0 Å². The van der Waals surface area contributed by atoms with Gasteiger partial charge in [-0.1, -0.05) is 54.2 Å². The van der Waals surface area contributed by atoms with Crippen LogP contribution in [-0.2, 0) is 15.6 Å². The second kappa shape index (κ2) is 10.6. The summed E-state index contributed by atoms with van der Waals surface area (Å²) in [6, 6.07) is 26.6. The summed E-state index contributed by atoms with van der Waals surface area (Å²) in [5.41, 5.74) is 0.618. The van der Waals surface area contributed by atoms with Crippen molar-refractivity contribution >= 4 is 28.6 Å². The Balaban J connectivity index is 1.24. The van der Waals surface area contributed by atoms with Crippen molar-refractivity contribution in [3.63, 3.8) is 0 Å². The number of unbranched alkanes of at least 4 members (excludes halogenated alkanes) is 3. The van der Waals surface area contributed by atoms with E-state index in [1.807, 2.05) is 30.0 Å². The molecule has 0 unspecified atom stereocenters. The molecule has 30 heavy (non-hydrogen) atoms. The highest BCUT2D eigenvalue weighted by Crippen LogP contribution is 2.45. The van der Waals surface area contributed by atoms with E-state index in [1.165, 1.54) is 19.6 Å². The fraction of sp³-hybridized carbons (Fsp3) is 0.192. The first-order valence-corrected chi connectivity index (χ1v) is 12.4. The van der Waals surface area contributed by atoms with Crippen LogP contribution >= 0.6 is 11.8 Å². The summed E-state index contributed by atoms with van der Waals surface area (Å²) in [4.78, 5) is 17.5. The third kappa shape index (κ3) is 5.18. The van der Waals surface area contributed by atoms with Crippen molar-refractivity contribution in [3.8, 4) is 0 Å². The first kappa shape index (κ1) is 20.8. The molecule has 1 aliphatic rings. The molecule has 4 rings (SSSR count). The lowest BCUT2D eigenvalue weighted by molar-refractivity contribution is 0.0498. The molecule has 0 spiro atoms. The lowest BCUT2D eigenvalue weighted by Crippen LogP contribution is -2.07. The number of allylic oxidation sites excluding steroid dienone is 1. The Labute approximate surface area is 185 Å².